The van der Waals surface area contributed by atoms with E-state index in [2.05, 4.69) is 30.5 Å². The van der Waals surface area contributed by atoms with Crippen LogP contribution in [0.5, 0.6) is 0 Å². The molecule has 0 amide bonds. The van der Waals surface area contributed by atoms with Gasteiger partial charge in [0, 0.05) is 6.20 Å². The number of sulfonamides is 1. The standard InChI is InChI=1S/C15H24N2O4S/c1-15(2,3)12-4-5-16-13(8-12)9-17-22(18,19)11-14-10-20-6-7-21-14/h4-5,8,14,17H,6-7,9-11H2,1-3H3. The molecule has 7 heteroatoms. The number of hydrogen-bond acceptors (Lipinski definition) is 5. The summed E-state index contributed by atoms with van der Waals surface area (Å²) in [4.78, 5) is 4.22. The lowest BCUT2D eigenvalue weighted by molar-refractivity contribution is -0.0783. The van der Waals surface area contributed by atoms with Crippen LogP contribution in [0.15, 0.2) is 18.3 Å². The molecule has 6 nitrogen and oxygen atoms in total. The number of rotatable bonds is 5. The van der Waals surface area contributed by atoms with Crippen LogP contribution in [0.4, 0.5) is 0 Å². The predicted molar refractivity (Wildman–Crippen MR) is 84.1 cm³/mol. The average Bonchev–Trinajstić information content (AvgIpc) is 2.45. The summed E-state index contributed by atoms with van der Waals surface area (Å²) in [6.07, 6.45) is 1.31. The molecule has 0 spiro atoms. The molecule has 22 heavy (non-hydrogen) atoms. The van der Waals surface area contributed by atoms with Crippen molar-refractivity contribution in [2.75, 3.05) is 25.6 Å². The number of nitrogens with zero attached hydrogens (tertiary/aromatic N) is 1. The van der Waals surface area contributed by atoms with Crippen molar-refractivity contribution in [1.82, 2.24) is 9.71 Å². The van der Waals surface area contributed by atoms with Crippen molar-refractivity contribution in [3.63, 3.8) is 0 Å². The summed E-state index contributed by atoms with van der Waals surface area (Å²) in [5.74, 6) is -0.0913. The first-order valence-electron chi connectivity index (χ1n) is 7.38. The van der Waals surface area contributed by atoms with Gasteiger partial charge < -0.3 is 9.47 Å². The van der Waals surface area contributed by atoms with Crippen molar-refractivity contribution in [3.8, 4) is 0 Å². The van der Waals surface area contributed by atoms with Gasteiger partial charge in [0.05, 0.1) is 43.9 Å². The molecule has 1 aromatic heterocycles. The summed E-state index contributed by atoms with van der Waals surface area (Å²) in [5, 5.41) is 0. The van der Waals surface area contributed by atoms with Crippen molar-refractivity contribution in [3.05, 3.63) is 29.6 Å². The molecule has 2 heterocycles. The summed E-state index contributed by atoms with van der Waals surface area (Å²) in [7, 11) is -3.42. The van der Waals surface area contributed by atoms with Crippen molar-refractivity contribution in [2.24, 2.45) is 0 Å². The normalized spacial score (nSPS) is 20.0. The first-order chi connectivity index (χ1) is 10.3. The zero-order valence-corrected chi connectivity index (χ0v) is 14.1. The lowest BCUT2D eigenvalue weighted by atomic mass is 9.87. The van der Waals surface area contributed by atoms with Gasteiger partial charge in [-0.3, -0.25) is 4.98 Å². The van der Waals surface area contributed by atoms with Gasteiger partial charge in [-0.05, 0) is 23.1 Å². The molecule has 1 aliphatic rings. The van der Waals surface area contributed by atoms with Crippen LogP contribution in [-0.2, 0) is 31.5 Å². The molecule has 1 aliphatic heterocycles. The van der Waals surface area contributed by atoms with Gasteiger partial charge in [0.15, 0.2) is 0 Å². The van der Waals surface area contributed by atoms with E-state index in [1.807, 2.05) is 12.1 Å². The zero-order valence-electron chi connectivity index (χ0n) is 13.3. The summed E-state index contributed by atoms with van der Waals surface area (Å²) < 4.78 is 37.3. The molecule has 2 rings (SSSR count). The number of nitrogens with one attached hydrogen (secondary N) is 1. The minimum Gasteiger partial charge on any atom is -0.376 e. The largest absolute Gasteiger partial charge is 0.376 e. The van der Waals surface area contributed by atoms with E-state index >= 15 is 0 Å². The Morgan fingerprint density at radius 2 is 2.14 bits per heavy atom. The second-order valence-corrected chi connectivity index (χ2v) is 8.31. The molecule has 1 unspecified atom stereocenters. The third-order valence-electron chi connectivity index (χ3n) is 3.45. The molecular formula is C15H24N2O4S. The highest BCUT2D eigenvalue weighted by molar-refractivity contribution is 7.89. The number of hydrogen-bond donors (Lipinski definition) is 1. The second kappa shape index (κ2) is 7.04. The zero-order chi connectivity index (χ0) is 16.2. The van der Waals surface area contributed by atoms with Crippen LogP contribution >= 0.6 is 0 Å². The van der Waals surface area contributed by atoms with Crippen molar-refractivity contribution in [1.29, 1.82) is 0 Å². The van der Waals surface area contributed by atoms with E-state index in [1.165, 1.54) is 0 Å². The maximum atomic E-state index is 12.1. The van der Waals surface area contributed by atoms with E-state index < -0.39 is 16.1 Å². The molecule has 124 valence electrons. The number of ether oxygens (including phenoxy) is 2. The SMILES string of the molecule is CC(C)(C)c1ccnc(CNS(=O)(=O)CC2COCCO2)c1. The first kappa shape index (κ1) is 17.3. The summed E-state index contributed by atoms with van der Waals surface area (Å²) >= 11 is 0. The Morgan fingerprint density at radius 1 is 1.36 bits per heavy atom. The van der Waals surface area contributed by atoms with E-state index in [-0.39, 0.29) is 17.7 Å². The smallest absolute Gasteiger partial charge is 0.214 e. The molecule has 1 aromatic rings. The predicted octanol–water partition coefficient (Wildman–Crippen LogP) is 1.21. The van der Waals surface area contributed by atoms with Gasteiger partial charge >= 0.3 is 0 Å². The Bertz CT molecular complexity index is 590. The van der Waals surface area contributed by atoms with Crippen LogP contribution in [0.1, 0.15) is 32.0 Å². The lowest BCUT2D eigenvalue weighted by Crippen LogP contribution is -2.38. The van der Waals surface area contributed by atoms with Gasteiger partial charge in [-0.25, -0.2) is 13.1 Å². The van der Waals surface area contributed by atoms with E-state index in [0.717, 1.165) is 5.56 Å². The van der Waals surface area contributed by atoms with Gasteiger partial charge in [-0.2, -0.15) is 0 Å². The Balaban J connectivity index is 1.94. The molecule has 1 saturated heterocycles. The van der Waals surface area contributed by atoms with Crippen LogP contribution in [0.3, 0.4) is 0 Å². The van der Waals surface area contributed by atoms with E-state index in [0.29, 0.717) is 25.5 Å². The molecule has 1 N–H and O–H groups in total. The molecule has 0 radical (unpaired) electrons. The van der Waals surface area contributed by atoms with Gasteiger partial charge in [-0.1, -0.05) is 20.8 Å². The lowest BCUT2D eigenvalue weighted by Gasteiger charge is -2.23. The Kier molecular flexibility index (Phi) is 5.55. The Hall–Kier alpha value is -1.02. The Labute approximate surface area is 132 Å². The maximum absolute atomic E-state index is 12.1. The van der Waals surface area contributed by atoms with E-state index in [1.54, 1.807) is 6.20 Å². The van der Waals surface area contributed by atoms with Crippen LogP contribution in [-0.4, -0.2) is 45.1 Å². The molecule has 1 atom stereocenters. The van der Waals surface area contributed by atoms with Crippen molar-refractivity contribution < 1.29 is 17.9 Å². The first-order valence-corrected chi connectivity index (χ1v) is 9.03. The number of pyridine rings is 1. The highest BCUT2D eigenvalue weighted by Crippen LogP contribution is 2.21. The monoisotopic (exact) mass is 328 g/mol. The molecule has 0 saturated carbocycles. The number of aromatic nitrogens is 1. The highest BCUT2D eigenvalue weighted by atomic mass is 32.2. The van der Waals surface area contributed by atoms with Gasteiger partial charge in [0.25, 0.3) is 0 Å². The molecule has 0 aliphatic carbocycles. The highest BCUT2D eigenvalue weighted by Gasteiger charge is 2.22. The summed E-state index contributed by atoms with van der Waals surface area (Å²) in [6.45, 7) is 7.78. The molecular weight excluding hydrogens is 304 g/mol. The van der Waals surface area contributed by atoms with Crippen molar-refractivity contribution >= 4 is 10.0 Å². The van der Waals surface area contributed by atoms with Crippen LogP contribution in [0.25, 0.3) is 0 Å². The van der Waals surface area contributed by atoms with Gasteiger partial charge in [0.2, 0.25) is 10.0 Å². The second-order valence-electron chi connectivity index (χ2n) is 6.46. The van der Waals surface area contributed by atoms with E-state index in [4.69, 9.17) is 9.47 Å². The molecule has 0 bridgehead atoms. The van der Waals surface area contributed by atoms with Crippen LogP contribution in [0, 0.1) is 0 Å². The van der Waals surface area contributed by atoms with E-state index in [9.17, 15) is 8.42 Å². The van der Waals surface area contributed by atoms with Gasteiger partial charge in [0.1, 0.15) is 0 Å². The summed E-state index contributed by atoms with van der Waals surface area (Å²) in [6, 6.07) is 3.88. The maximum Gasteiger partial charge on any atom is 0.214 e. The quantitative estimate of drug-likeness (QED) is 0.879. The van der Waals surface area contributed by atoms with Crippen LogP contribution < -0.4 is 4.72 Å². The van der Waals surface area contributed by atoms with Crippen molar-refractivity contribution in [2.45, 2.75) is 38.8 Å². The average molecular weight is 328 g/mol. The topological polar surface area (TPSA) is 77.5 Å². The Morgan fingerprint density at radius 3 is 2.77 bits per heavy atom. The van der Waals surface area contributed by atoms with Crippen LogP contribution in [0.2, 0.25) is 0 Å². The minimum atomic E-state index is -3.42. The molecule has 0 aromatic carbocycles. The summed E-state index contributed by atoms with van der Waals surface area (Å²) in [5.41, 5.74) is 1.83. The minimum absolute atomic E-state index is 0.00381. The fourth-order valence-electron chi connectivity index (χ4n) is 2.16. The van der Waals surface area contributed by atoms with Gasteiger partial charge in [-0.15, -0.1) is 0 Å². The third-order valence-corrected chi connectivity index (χ3v) is 4.84. The fourth-order valence-corrected chi connectivity index (χ4v) is 3.33. The fraction of sp³-hybridized carbons (Fsp3) is 0.667. The third kappa shape index (κ3) is 5.31. The molecule has 1 fully saturated rings.